The molecule has 2 nitrogen and oxygen atoms in total. The molecule has 2 aromatic rings. The van der Waals surface area contributed by atoms with Crippen LogP contribution in [0.15, 0.2) is 40.9 Å². The van der Waals surface area contributed by atoms with Crippen LogP contribution in [0, 0.1) is 12.7 Å². The predicted molar refractivity (Wildman–Crippen MR) is 76.2 cm³/mol. The zero-order valence-corrected chi connectivity index (χ0v) is 12.3. The summed E-state index contributed by atoms with van der Waals surface area (Å²) in [5.74, 6) is 1.08. The van der Waals surface area contributed by atoms with Crippen molar-refractivity contribution in [3.63, 3.8) is 0 Å². The van der Waals surface area contributed by atoms with Crippen molar-refractivity contribution in [2.45, 2.75) is 13.5 Å². The Morgan fingerprint density at radius 1 is 1.11 bits per heavy atom. The van der Waals surface area contributed by atoms with Gasteiger partial charge in [-0.3, -0.25) is 0 Å². The molecule has 4 heteroatoms. The number of benzene rings is 2. The first-order valence-electron chi connectivity index (χ1n) is 5.81. The first-order valence-corrected chi connectivity index (χ1v) is 6.61. The molecule has 0 amide bonds. The molecular formula is C15H14BrFO2. The second-order valence-electron chi connectivity index (χ2n) is 4.18. The highest BCUT2D eigenvalue weighted by molar-refractivity contribution is 9.10. The lowest BCUT2D eigenvalue weighted by Gasteiger charge is -2.12. The van der Waals surface area contributed by atoms with Gasteiger partial charge in [0.1, 0.15) is 23.9 Å². The molecule has 0 spiro atoms. The van der Waals surface area contributed by atoms with E-state index in [-0.39, 0.29) is 5.82 Å². The molecule has 0 aliphatic rings. The molecule has 0 aliphatic heterocycles. The Balaban J connectivity index is 2.16. The standard InChI is InChI=1S/C15H14BrFO2/c1-10-3-5-14(18-2)11(7-10)9-19-15-6-4-12(17)8-13(15)16/h3-8H,9H2,1-2H3. The summed E-state index contributed by atoms with van der Waals surface area (Å²) in [4.78, 5) is 0. The van der Waals surface area contributed by atoms with E-state index in [0.29, 0.717) is 16.8 Å². The van der Waals surface area contributed by atoms with Crippen LogP contribution in [0.25, 0.3) is 0 Å². The van der Waals surface area contributed by atoms with Crippen LogP contribution in [0.2, 0.25) is 0 Å². The van der Waals surface area contributed by atoms with E-state index >= 15 is 0 Å². The summed E-state index contributed by atoms with van der Waals surface area (Å²) < 4.78 is 24.5. The van der Waals surface area contributed by atoms with Crippen LogP contribution >= 0.6 is 15.9 Å². The van der Waals surface area contributed by atoms with E-state index in [1.165, 1.54) is 12.1 Å². The molecule has 19 heavy (non-hydrogen) atoms. The Hall–Kier alpha value is -1.55. The van der Waals surface area contributed by atoms with Crippen LogP contribution in [0.4, 0.5) is 4.39 Å². The van der Waals surface area contributed by atoms with E-state index in [2.05, 4.69) is 15.9 Å². The van der Waals surface area contributed by atoms with Crippen molar-refractivity contribution in [1.29, 1.82) is 0 Å². The van der Waals surface area contributed by atoms with E-state index in [0.717, 1.165) is 16.9 Å². The quantitative estimate of drug-likeness (QED) is 0.825. The number of methoxy groups -OCH3 is 1. The monoisotopic (exact) mass is 324 g/mol. The molecule has 0 fully saturated rings. The summed E-state index contributed by atoms with van der Waals surface area (Å²) in [5, 5.41) is 0. The van der Waals surface area contributed by atoms with Crippen LogP contribution in [-0.4, -0.2) is 7.11 Å². The SMILES string of the molecule is COc1ccc(C)cc1COc1ccc(F)cc1Br. The van der Waals surface area contributed by atoms with Gasteiger partial charge in [0.2, 0.25) is 0 Å². The van der Waals surface area contributed by atoms with E-state index < -0.39 is 0 Å². The third-order valence-corrected chi connectivity index (χ3v) is 3.33. The lowest BCUT2D eigenvalue weighted by atomic mass is 10.1. The van der Waals surface area contributed by atoms with Crippen LogP contribution in [0.3, 0.4) is 0 Å². The molecule has 0 aromatic heterocycles. The lowest BCUT2D eigenvalue weighted by molar-refractivity contribution is 0.294. The molecule has 0 N–H and O–H groups in total. The summed E-state index contributed by atoms with van der Waals surface area (Å²) in [5.41, 5.74) is 2.09. The summed E-state index contributed by atoms with van der Waals surface area (Å²) in [7, 11) is 1.63. The van der Waals surface area contributed by atoms with Crippen molar-refractivity contribution in [2.75, 3.05) is 7.11 Å². The van der Waals surface area contributed by atoms with Gasteiger partial charge in [0, 0.05) is 5.56 Å². The molecule has 0 heterocycles. The van der Waals surface area contributed by atoms with Crippen molar-refractivity contribution >= 4 is 15.9 Å². The highest BCUT2D eigenvalue weighted by Gasteiger charge is 2.07. The lowest BCUT2D eigenvalue weighted by Crippen LogP contribution is -2.00. The molecule has 2 rings (SSSR count). The second kappa shape index (κ2) is 6.06. The number of hydrogen-bond acceptors (Lipinski definition) is 2. The Bertz CT molecular complexity index is 584. The van der Waals surface area contributed by atoms with Crippen LogP contribution in [0.1, 0.15) is 11.1 Å². The predicted octanol–water partition coefficient (Wildman–Crippen LogP) is 4.48. The van der Waals surface area contributed by atoms with Crippen molar-refractivity contribution in [2.24, 2.45) is 0 Å². The van der Waals surface area contributed by atoms with Gasteiger partial charge < -0.3 is 9.47 Å². The summed E-state index contributed by atoms with van der Waals surface area (Å²) in [6.07, 6.45) is 0. The number of halogens is 2. The fraction of sp³-hybridized carbons (Fsp3) is 0.200. The minimum Gasteiger partial charge on any atom is -0.496 e. The highest BCUT2D eigenvalue weighted by atomic mass is 79.9. The topological polar surface area (TPSA) is 18.5 Å². The number of aryl methyl sites for hydroxylation is 1. The van der Waals surface area contributed by atoms with Gasteiger partial charge in [-0.25, -0.2) is 4.39 Å². The maximum Gasteiger partial charge on any atom is 0.134 e. The van der Waals surface area contributed by atoms with Gasteiger partial charge in [-0.15, -0.1) is 0 Å². The maximum atomic E-state index is 13.0. The number of ether oxygens (including phenoxy) is 2. The minimum atomic E-state index is -0.299. The Labute approximate surface area is 120 Å². The third-order valence-electron chi connectivity index (χ3n) is 2.71. The molecule has 0 saturated heterocycles. The molecule has 0 unspecified atom stereocenters. The van der Waals surface area contributed by atoms with Gasteiger partial charge in [-0.05, 0) is 53.2 Å². The first kappa shape index (κ1) is 13.9. The number of rotatable bonds is 4. The fourth-order valence-corrected chi connectivity index (χ4v) is 2.23. The zero-order valence-electron chi connectivity index (χ0n) is 10.7. The molecule has 0 radical (unpaired) electrons. The van der Waals surface area contributed by atoms with Gasteiger partial charge in [-0.1, -0.05) is 11.6 Å². The summed E-state index contributed by atoms with van der Waals surface area (Å²) >= 11 is 3.27. The van der Waals surface area contributed by atoms with Crippen molar-refractivity contribution in [1.82, 2.24) is 0 Å². The summed E-state index contributed by atoms with van der Waals surface area (Å²) in [6, 6.07) is 10.2. The molecule has 0 atom stereocenters. The molecule has 0 saturated carbocycles. The average molecular weight is 325 g/mol. The Kier molecular flexibility index (Phi) is 4.43. The van der Waals surface area contributed by atoms with E-state index in [4.69, 9.17) is 9.47 Å². The van der Waals surface area contributed by atoms with E-state index in [1.54, 1.807) is 13.2 Å². The second-order valence-corrected chi connectivity index (χ2v) is 5.03. The van der Waals surface area contributed by atoms with Gasteiger partial charge >= 0.3 is 0 Å². The average Bonchev–Trinajstić information content (AvgIpc) is 2.38. The van der Waals surface area contributed by atoms with Crippen LogP contribution < -0.4 is 9.47 Å². The van der Waals surface area contributed by atoms with Gasteiger partial charge in [0.05, 0.1) is 11.6 Å². The van der Waals surface area contributed by atoms with E-state index in [9.17, 15) is 4.39 Å². The van der Waals surface area contributed by atoms with Crippen LogP contribution in [0.5, 0.6) is 11.5 Å². The largest absolute Gasteiger partial charge is 0.496 e. The normalized spacial score (nSPS) is 10.3. The van der Waals surface area contributed by atoms with Gasteiger partial charge in [0.15, 0.2) is 0 Å². The first-order chi connectivity index (χ1) is 9.10. The fourth-order valence-electron chi connectivity index (χ4n) is 1.77. The van der Waals surface area contributed by atoms with Crippen molar-refractivity contribution < 1.29 is 13.9 Å². The summed E-state index contributed by atoms with van der Waals surface area (Å²) in [6.45, 7) is 2.38. The van der Waals surface area contributed by atoms with E-state index in [1.807, 2.05) is 25.1 Å². The molecular weight excluding hydrogens is 311 g/mol. The van der Waals surface area contributed by atoms with Gasteiger partial charge in [-0.2, -0.15) is 0 Å². The molecule has 2 aromatic carbocycles. The minimum absolute atomic E-state index is 0.299. The third kappa shape index (κ3) is 3.47. The highest BCUT2D eigenvalue weighted by Crippen LogP contribution is 2.28. The zero-order chi connectivity index (χ0) is 13.8. The maximum absolute atomic E-state index is 13.0. The smallest absolute Gasteiger partial charge is 0.134 e. The van der Waals surface area contributed by atoms with Gasteiger partial charge in [0.25, 0.3) is 0 Å². The van der Waals surface area contributed by atoms with Crippen LogP contribution in [-0.2, 0) is 6.61 Å². The molecule has 0 aliphatic carbocycles. The molecule has 100 valence electrons. The molecule has 0 bridgehead atoms. The number of hydrogen-bond donors (Lipinski definition) is 0. The van der Waals surface area contributed by atoms with Crippen molar-refractivity contribution in [3.05, 3.63) is 57.8 Å². The Morgan fingerprint density at radius 2 is 1.84 bits per heavy atom. The van der Waals surface area contributed by atoms with Crippen molar-refractivity contribution in [3.8, 4) is 11.5 Å². The Morgan fingerprint density at radius 3 is 2.53 bits per heavy atom.